The molecule has 0 fully saturated rings. The van der Waals surface area contributed by atoms with Gasteiger partial charge < -0.3 is 25.2 Å². The van der Waals surface area contributed by atoms with Gasteiger partial charge in [0.15, 0.2) is 11.5 Å². The second-order valence-corrected chi connectivity index (χ2v) is 5.67. The smallest absolute Gasteiger partial charge is 0.313 e. The minimum absolute atomic E-state index is 0.0866. The minimum atomic E-state index is -0.837. The summed E-state index contributed by atoms with van der Waals surface area (Å²) in [6, 6.07) is 10.2. The number of carbonyl (C=O) groups excluding carboxylic acids is 2. The molecule has 0 radical (unpaired) electrons. The molecule has 2 amide bonds. The fraction of sp³-hybridized carbons (Fsp3) is 0.263. The van der Waals surface area contributed by atoms with E-state index in [1.165, 1.54) is 6.07 Å². The van der Waals surface area contributed by atoms with Crippen LogP contribution in [0.4, 0.5) is 5.69 Å². The molecule has 0 bridgehead atoms. The fourth-order valence-electron chi connectivity index (χ4n) is 2.36. The first kappa shape index (κ1) is 19.1. The Morgan fingerprint density at radius 3 is 2.38 bits per heavy atom. The summed E-state index contributed by atoms with van der Waals surface area (Å²) in [4.78, 5) is 23.8. The van der Waals surface area contributed by atoms with Gasteiger partial charge >= 0.3 is 11.8 Å². The van der Waals surface area contributed by atoms with Gasteiger partial charge in [-0.05, 0) is 48.7 Å². The van der Waals surface area contributed by atoms with Crippen LogP contribution in [0.2, 0.25) is 0 Å². The van der Waals surface area contributed by atoms with E-state index < -0.39 is 11.8 Å². The highest BCUT2D eigenvalue weighted by Crippen LogP contribution is 2.27. The predicted octanol–water partition coefficient (Wildman–Crippen LogP) is 2.02. The molecule has 0 saturated heterocycles. The van der Waals surface area contributed by atoms with Crippen molar-refractivity contribution in [2.45, 2.75) is 13.3 Å². The average molecular weight is 358 g/mol. The molecule has 26 heavy (non-hydrogen) atoms. The second kappa shape index (κ2) is 8.75. The zero-order valence-corrected chi connectivity index (χ0v) is 15.0. The molecule has 0 aromatic heterocycles. The molecule has 7 heteroatoms. The number of aromatic hydroxyl groups is 1. The van der Waals surface area contributed by atoms with E-state index in [4.69, 9.17) is 9.47 Å². The first-order chi connectivity index (χ1) is 12.4. The van der Waals surface area contributed by atoms with E-state index in [1.54, 1.807) is 32.4 Å². The molecule has 0 heterocycles. The number of aryl methyl sites for hydroxylation is 1. The van der Waals surface area contributed by atoms with E-state index in [1.807, 2.05) is 19.1 Å². The predicted molar refractivity (Wildman–Crippen MR) is 97.7 cm³/mol. The highest BCUT2D eigenvalue weighted by atomic mass is 16.5. The van der Waals surface area contributed by atoms with Gasteiger partial charge in [0.25, 0.3) is 0 Å². The first-order valence-electron chi connectivity index (χ1n) is 8.04. The third-order valence-corrected chi connectivity index (χ3v) is 3.75. The van der Waals surface area contributed by atoms with Crippen LogP contribution >= 0.6 is 0 Å². The van der Waals surface area contributed by atoms with Crippen molar-refractivity contribution in [2.24, 2.45) is 0 Å². The molecule has 3 N–H and O–H groups in total. The third kappa shape index (κ3) is 4.89. The molecule has 138 valence electrons. The Hall–Kier alpha value is -3.22. The summed E-state index contributed by atoms with van der Waals surface area (Å²) < 4.78 is 10.4. The van der Waals surface area contributed by atoms with Crippen molar-refractivity contribution in [2.75, 3.05) is 26.1 Å². The molecule has 2 aromatic rings. The summed E-state index contributed by atoms with van der Waals surface area (Å²) in [6.45, 7) is 2.09. The monoisotopic (exact) mass is 358 g/mol. The number of hydrogen-bond donors (Lipinski definition) is 3. The Morgan fingerprint density at radius 2 is 1.73 bits per heavy atom. The Balaban J connectivity index is 1.87. The maximum absolute atomic E-state index is 11.9. The summed E-state index contributed by atoms with van der Waals surface area (Å²) in [7, 11) is 3.11. The number of anilines is 1. The van der Waals surface area contributed by atoms with E-state index in [-0.39, 0.29) is 18.0 Å². The van der Waals surface area contributed by atoms with E-state index in [0.29, 0.717) is 17.9 Å². The van der Waals surface area contributed by atoms with Crippen molar-refractivity contribution in [1.82, 2.24) is 5.32 Å². The number of benzene rings is 2. The number of nitrogens with one attached hydrogen (secondary N) is 2. The lowest BCUT2D eigenvalue weighted by Gasteiger charge is -2.10. The van der Waals surface area contributed by atoms with Crippen LogP contribution in [0.3, 0.4) is 0 Å². The van der Waals surface area contributed by atoms with E-state index in [0.717, 1.165) is 11.1 Å². The van der Waals surface area contributed by atoms with Crippen molar-refractivity contribution in [3.63, 3.8) is 0 Å². The lowest BCUT2D eigenvalue weighted by molar-refractivity contribution is -0.136. The quantitative estimate of drug-likeness (QED) is 0.542. The van der Waals surface area contributed by atoms with Crippen LogP contribution in [-0.4, -0.2) is 37.7 Å². The van der Waals surface area contributed by atoms with Crippen LogP contribution in [-0.2, 0) is 16.0 Å². The SMILES string of the molecule is COc1ccc(CCNC(=O)C(=O)Nc2ccc(C)cc2O)cc1OC. The normalized spacial score (nSPS) is 10.1. The molecule has 2 aromatic carbocycles. The summed E-state index contributed by atoms with van der Waals surface area (Å²) in [5.74, 6) is -0.472. The van der Waals surface area contributed by atoms with Crippen LogP contribution in [0.5, 0.6) is 17.2 Å². The number of rotatable bonds is 6. The summed E-state index contributed by atoms with van der Waals surface area (Å²) in [5.41, 5.74) is 1.97. The maximum Gasteiger partial charge on any atom is 0.313 e. The van der Waals surface area contributed by atoms with Gasteiger partial charge in [-0.25, -0.2) is 0 Å². The Morgan fingerprint density at radius 1 is 1.00 bits per heavy atom. The van der Waals surface area contributed by atoms with Gasteiger partial charge in [0.1, 0.15) is 5.75 Å². The van der Waals surface area contributed by atoms with Crippen molar-refractivity contribution in [3.8, 4) is 17.2 Å². The van der Waals surface area contributed by atoms with Crippen LogP contribution in [0, 0.1) is 6.92 Å². The van der Waals surface area contributed by atoms with Crippen molar-refractivity contribution in [1.29, 1.82) is 0 Å². The molecule has 0 aliphatic carbocycles. The number of amides is 2. The molecule has 0 aliphatic heterocycles. The summed E-state index contributed by atoms with van der Waals surface area (Å²) >= 11 is 0. The molecule has 7 nitrogen and oxygen atoms in total. The summed E-state index contributed by atoms with van der Waals surface area (Å²) in [6.07, 6.45) is 0.523. The van der Waals surface area contributed by atoms with Crippen molar-refractivity contribution >= 4 is 17.5 Å². The number of phenols is 1. The Bertz CT molecular complexity index is 805. The molecule has 0 spiro atoms. The van der Waals surface area contributed by atoms with Crippen LogP contribution in [0.1, 0.15) is 11.1 Å². The molecule has 2 rings (SSSR count). The van der Waals surface area contributed by atoms with Crippen molar-refractivity contribution in [3.05, 3.63) is 47.5 Å². The van der Waals surface area contributed by atoms with Crippen LogP contribution < -0.4 is 20.1 Å². The number of ether oxygens (including phenoxy) is 2. The molecular weight excluding hydrogens is 336 g/mol. The number of methoxy groups -OCH3 is 2. The molecule has 0 saturated carbocycles. The van der Waals surface area contributed by atoms with E-state index >= 15 is 0 Å². The zero-order valence-electron chi connectivity index (χ0n) is 15.0. The third-order valence-electron chi connectivity index (χ3n) is 3.75. The topological polar surface area (TPSA) is 96.9 Å². The van der Waals surface area contributed by atoms with Crippen LogP contribution in [0.15, 0.2) is 36.4 Å². The Labute approximate surface area is 151 Å². The molecule has 0 aliphatic rings. The van der Waals surface area contributed by atoms with Gasteiger partial charge in [0, 0.05) is 6.54 Å². The molecule has 0 unspecified atom stereocenters. The van der Waals surface area contributed by atoms with Crippen LogP contribution in [0.25, 0.3) is 0 Å². The van der Waals surface area contributed by atoms with Gasteiger partial charge in [-0.1, -0.05) is 12.1 Å². The zero-order chi connectivity index (χ0) is 19.1. The largest absolute Gasteiger partial charge is 0.506 e. The van der Waals surface area contributed by atoms with Gasteiger partial charge in [0.05, 0.1) is 19.9 Å². The number of phenolic OH excluding ortho intramolecular Hbond substituents is 1. The maximum atomic E-state index is 11.9. The standard InChI is InChI=1S/C19H22N2O5/c1-12-4-6-14(15(22)10-12)21-19(24)18(23)20-9-8-13-5-7-16(25-2)17(11-13)26-3/h4-7,10-11,22H,8-9H2,1-3H3,(H,20,23)(H,21,24). The number of carbonyl (C=O) groups is 2. The van der Waals surface area contributed by atoms with Gasteiger partial charge in [0.2, 0.25) is 0 Å². The molecular formula is C19H22N2O5. The fourth-order valence-corrected chi connectivity index (χ4v) is 2.36. The lowest BCUT2D eigenvalue weighted by atomic mass is 10.1. The summed E-state index contributed by atoms with van der Waals surface area (Å²) in [5, 5.41) is 14.7. The molecule has 0 atom stereocenters. The first-order valence-corrected chi connectivity index (χ1v) is 8.04. The Kier molecular flexibility index (Phi) is 6.43. The van der Waals surface area contributed by atoms with Crippen molar-refractivity contribution < 1.29 is 24.2 Å². The van der Waals surface area contributed by atoms with Gasteiger partial charge in [-0.15, -0.1) is 0 Å². The van der Waals surface area contributed by atoms with Gasteiger partial charge in [-0.3, -0.25) is 9.59 Å². The minimum Gasteiger partial charge on any atom is -0.506 e. The lowest BCUT2D eigenvalue weighted by Crippen LogP contribution is -2.36. The highest BCUT2D eigenvalue weighted by Gasteiger charge is 2.15. The van der Waals surface area contributed by atoms with Gasteiger partial charge in [-0.2, -0.15) is 0 Å². The average Bonchev–Trinajstić information content (AvgIpc) is 2.63. The van der Waals surface area contributed by atoms with E-state index in [2.05, 4.69) is 10.6 Å². The number of hydrogen-bond acceptors (Lipinski definition) is 5. The second-order valence-electron chi connectivity index (χ2n) is 5.67. The highest BCUT2D eigenvalue weighted by molar-refractivity contribution is 6.39. The van der Waals surface area contributed by atoms with E-state index in [9.17, 15) is 14.7 Å².